The number of rotatable bonds is 4. The quantitative estimate of drug-likeness (QED) is 0.655. The van der Waals surface area contributed by atoms with E-state index in [0.717, 1.165) is 0 Å². The fourth-order valence-electron chi connectivity index (χ4n) is 1.72. The number of aliphatic hydroxyl groups is 2. The van der Waals surface area contributed by atoms with Crippen LogP contribution in [0.5, 0.6) is 0 Å². The van der Waals surface area contributed by atoms with Crippen molar-refractivity contribution >= 4 is 11.9 Å². The maximum Gasteiger partial charge on any atom is 0.407 e. The molecule has 21 heavy (non-hydrogen) atoms. The van der Waals surface area contributed by atoms with Crippen LogP contribution in [0.15, 0.2) is 12.1 Å². The number of nitrogens with one attached hydrogen (secondary N) is 1. The second-order valence-corrected chi connectivity index (χ2v) is 5.81. The first-order valence-corrected chi connectivity index (χ1v) is 6.66. The summed E-state index contributed by atoms with van der Waals surface area (Å²) in [6, 6.07) is 3.14. The smallest absolute Gasteiger partial charge is 0.407 e. The van der Waals surface area contributed by atoms with Crippen molar-refractivity contribution in [1.29, 1.82) is 0 Å². The van der Waals surface area contributed by atoms with Gasteiger partial charge in [0.15, 0.2) is 0 Å². The molecule has 0 bridgehead atoms. The van der Waals surface area contributed by atoms with Crippen molar-refractivity contribution in [3.8, 4) is 0 Å². The number of nitrogen functional groups attached to an aromatic ring is 1. The molecule has 0 radical (unpaired) electrons. The minimum absolute atomic E-state index is 0.139. The SMILES string of the molecule is Cc1nc(N)ccc1C(O)C(O)CNC(=O)OC(C)(C)C. The number of aryl methyl sites for hydroxylation is 1. The molecule has 1 amide bonds. The molecule has 0 aromatic carbocycles. The Morgan fingerprint density at radius 1 is 1.43 bits per heavy atom. The highest BCUT2D eigenvalue weighted by molar-refractivity contribution is 5.67. The van der Waals surface area contributed by atoms with E-state index < -0.39 is 23.9 Å². The number of carbonyl (C=O) groups is 1. The van der Waals surface area contributed by atoms with Gasteiger partial charge in [0.2, 0.25) is 0 Å². The molecule has 0 aliphatic carbocycles. The summed E-state index contributed by atoms with van der Waals surface area (Å²) < 4.78 is 5.04. The molecule has 0 aliphatic rings. The molecule has 118 valence electrons. The maximum atomic E-state index is 11.5. The van der Waals surface area contributed by atoms with E-state index in [2.05, 4.69) is 10.3 Å². The summed E-state index contributed by atoms with van der Waals surface area (Å²) in [4.78, 5) is 15.5. The molecule has 2 atom stereocenters. The Morgan fingerprint density at radius 2 is 2.05 bits per heavy atom. The third kappa shape index (κ3) is 5.57. The van der Waals surface area contributed by atoms with Crippen LogP contribution in [-0.2, 0) is 4.74 Å². The molecule has 0 spiro atoms. The number of carbonyl (C=O) groups excluding carboxylic acids is 1. The highest BCUT2D eigenvalue weighted by Crippen LogP contribution is 2.20. The molecule has 7 nitrogen and oxygen atoms in total. The van der Waals surface area contributed by atoms with E-state index in [9.17, 15) is 15.0 Å². The summed E-state index contributed by atoms with van der Waals surface area (Å²) in [6.07, 6.45) is -3.00. The van der Waals surface area contributed by atoms with Gasteiger partial charge in [-0.15, -0.1) is 0 Å². The minimum atomic E-state index is -1.18. The average molecular weight is 297 g/mol. The van der Waals surface area contributed by atoms with Gasteiger partial charge in [-0.3, -0.25) is 0 Å². The lowest BCUT2D eigenvalue weighted by molar-refractivity contribution is 0.0125. The number of hydrogen-bond acceptors (Lipinski definition) is 6. The Balaban J connectivity index is 2.59. The van der Waals surface area contributed by atoms with Gasteiger partial charge in [-0.25, -0.2) is 9.78 Å². The standard InChI is InChI=1S/C14H23N3O4/c1-8-9(5-6-11(15)17-8)12(19)10(18)7-16-13(20)21-14(2,3)4/h5-6,10,12,18-19H,7H2,1-4H3,(H2,15,17)(H,16,20). The van der Waals surface area contributed by atoms with E-state index in [0.29, 0.717) is 17.1 Å². The Morgan fingerprint density at radius 3 is 2.57 bits per heavy atom. The number of aromatic nitrogens is 1. The summed E-state index contributed by atoms with van der Waals surface area (Å²) in [7, 11) is 0. The molecule has 0 saturated carbocycles. The first-order valence-electron chi connectivity index (χ1n) is 6.66. The fourth-order valence-corrected chi connectivity index (χ4v) is 1.72. The van der Waals surface area contributed by atoms with Crippen molar-refractivity contribution in [2.45, 2.75) is 45.5 Å². The zero-order valence-electron chi connectivity index (χ0n) is 12.8. The van der Waals surface area contributed by atoms with Crippen LogP contribution in [0.4, 0.5) is 10.6 Å². The van der Waals surface area contributed by atoms with Gasteiger partial charge in [0, 0.05) is 17.8 Å². The molecule has 7 heteroatoms. The highest BCUT2D eigenvalue weighted by Gasteiger charge is 2.23. The highest BCUT2D eigenvalue weighted by atomic mass is 16.6. The van der Waals surface area contributed by atoms with Crippen molar-refractivity contribution in [3.63, 3.8) is 0 Å². The third-order valence-corrected chi connectivity index (χ3v) is 2.69. The molecule has 0 fully saturated rings. The summed E-state index contributed by atoms with van der Waals surface area (Å²) in [5, 5.41) is 22.4. The van der Waals surface area contributed by atoms with Crippen molar-refractivity contribution in [3.05, 3.63) is 23.4 Å². The third-order valence-electron chi connectivity index (χ3n) is 2.69. The number of nitrogens with zero attached hydrogens (tertiary/aromatic N) is 1. The Hall–Kier alpha value is -1.86. The van der Waals surface area contributed by atoms with Crippen LogP contribution in [0.3, 0.4) is 0 Å². The van der Waals surface area contributed by atoms with Crippen molar-refractivity contribution in [2.75, 3.05) is 12.3 Å². The van der Waals surface area contributed by atoms with Crippen LogP contribution in [0.1, 0.15) is 38.1 Å². The predicted octanol–water partition coefficient (Wildman–Crippen LogP) is 0.891. The summed E-state index contributed by atoms with van der Waals surface area (Å²) in [5.74, 6) is 0.338. The van der Waals surface area contributed by atoms with E-state index in [1.807, 2.05) is 0 Å². The molecule has 5 N–H and O–H groups in total. The molecular formula is C14H23N3O4. The summed E-state index contributed by atoms with van der Waals surface area (Å²) in [5.41, 5.74) is 5.90. The van der Waals surface area contributed by atoms with E-state index in [1.165, 1.54) is 0 Å². The lowest BCUT2D eigenvalue weighted by Gasteiger charge is -2.22. The molecule has 2 unspecified atom stereocenters. The second kappa shape index (κ2) is 6.73. The van der Waals surface area contributed by atoms with E-state index in [1.54, 1.807) is 39.8 Å². The van der Waals surface area contributed by atoms with Crippen LogP contribution >= 0.6 is 0 Å². The number of nitrogens with two attached hydrogens (primary N) is 1. The topological polar surface area (TPSA) is 118 Å². The number of alkyl carbamates (subject to hydrolysis) is 1. The van der Waals surface area contributed by atoms with Gasteiger partial charge in [0.25, 0.3) is 0 Å². The first kappa shape index (κ1) is 17.2. The van der Waals surface area contributed by atoms with Crippen LogP contribution in [0, 0.1) is 6.92 Å². The van der Waals surface area contributed by atoms with Crippen LogP contribution in [0.2, 0.25) is 0 Å². The normalized spacial score (nSPS) is 14.4. The van der Waals surface area contributed by atoms with Gasteiger partial charge in [-0.2, -0.15) is 0 Å². The monoisotopic (exact) mass is 297 g/mol. The van der Waals surface area contributed by atoms with Gasteiger partial charge >= 0.3 is 6.09 Å². The van der Waals surface area contributed by atoms with Gasteiger partial charge in [-0.05, 0) is 33.8 Å². The summed E-state index contributed by atoms with van der Waals surface area (Å²) in [6.45, 7) is 6.76. The van der Waals surface area contributed by atoms with Crippen molar-refractivity contribution < 1.29 is 19.7 Å². The number of hydrogen-bond donors (Lipinski definition) is 4. The van der Waals surface area contributed by atoms with Crippen molar-refractivity contribution in [1.82, 2.24) is 10.3 Å². The number of anilines is 1. The number of amides is 1. The maximum absolute atomic E-state index is 11.5. The van der Waals surface area contributed by atoms with Gasteiger partial charge < -0.3 is 26.0 Å². The molecule has 0 aliphatic heterocycles. The van der Waals surface area contributed by atoms with E-state index >= 15 is 0 Å². The molecular weight excluding hydrogens is 274 g/mol. The first-order chi connectivity index (χ1) is 9.60. The molecule has 1 rings (SSSR count). The number of aliphatic hydroxyl groups excluding tert-OH is 2. The molecule has 0 saturated heterocycles. The van der Waals surface area contributed by atoms with Gasteiger partial charge in [0.1, 0.15) is 23.6 Å². The fraction of sp³-hybridized carbons (Fsp3) is 0.571. The molecule has 1 heterocycles. The number of ether oxygens (including phenoxy) is 1. The van der Waals surface area contributed by atoms with Gasteiger partial charge in [-0.1, -0.05) is 6.07 Å². The van der Waals surface area contributed by atoms with E-state index in [4.69, 9.17) is 10.5 Å². The van der Waals surface area contributed by atoms with Crippen LogP contribution < -0.4 is 11.1 Å². The van der Waals surface area contributed by atoms with E-state index in [-0.39, 0.29) is 6.54 Å². The molecule has 1 aromatic rings. The average Bonchev–Trinajstić information content (AvgIpc) is 2.33. The summed E-state index contributed by atoms with van der Waals surface area (Å²) >= 11 is 0. The Bertz CT molecular complexity index is 499. The Labute approximate surface area is 124 Å². The zero-order chi connectivity index (χ0) is 16.2. The minimum Gasteiger partial charge on any atom is -0.444 e. The second-order valence-electron chi connectivity index (χ2n) is 5.81. The predicted molar refractivity (Wildman–Crippen MR) is 78.6 cm³/mol. The van der Waals surface area contributed by atoms with Crippen molar-refractivity contribution in [2.24, 2.45) is 0 Å². The largest absolute Gasteiger partial charge is 0.444 e. The zero-order valence-corrected chi connectivity index (χ0v) is 12.8. The lowest BCUT2D eigenvalue weighted by Crippen LogP contribution is -2.39. The van der Waals surface area contributed by atoms with Crippen LogP contribution in [-0.4, -0.2) is 39.5 Å². The Kier molecular flexibility index (Phi) is 5.51. The molecule has 1 aromatic heterocycles. The van der Waals surface area contributed by atoms with Crippen LogP contribution in [0.25, 0.3) is 0 Å². The van der Waals surface area contributed by atoms with Gasteiger partial charge in [0.05, 0.1) is 0 Å². The number of pyridine rings is 1. The lowest BCUT2D eigenvalue weighted by atomic mass is 10.0.